The lowest BCUT2D eigenvalue weighted by molar-refractivity contribution is -0.153. The SMILES string of the molecule is CN/C(C)=C(\C(=O)O)C(=O)C(OC(C)=O)c1ccc(F)cc1. The number of benzene rings is 1. The minimum Gasteiger partial charge on any atom is -0.477 e. The molecule has 118 valence electrons. The number of Topliss-reactive ketones (excluding diaryl/α,β-unsaturated/α-hetero) is 1. The fourth-order valence-corrected chi connectivity index (χ4v) is 1.78. The molecule has 0 heterocycles. The molecule has 0 aliphatic heterocycles. The summed E-state index contributed by atoms with van der Waals surface area (Å²) in [6.45, 7) is 2.51. The van der Waals surface area contributed by atoms with E-state index in [4.69, 9.17) is 4.74 Å². The molecular weight excluding hydrogens is 293 g/mol. The molecule has 6 nitrogen and oxygen atoms in total. The number of hydrogen-bond donors (Lipinski definition) is 2. The van der Waals surface area contributed by atoms with Gasteiger partial charge in [-0.3, -0.25) is 9.59 Å². The molecule has 1 unspecified atom stereocenters. The van der Waals surface area contributed by atoms with Crippen molar-refractivity contribution in [2.45, 2.75) is 20.0 Å². The molecule has 1 rings (SSSR count). The molecule has 0 fully saturated rings. The number of esters is 1. The second kappa shape index (κ2) is 7.35. The number of carbonyl (C=O) groups is 3. The minimum absolute atomic E-state index is 0.122. The highest BCUT2D eigenvalue weighted by atomic mass is 19.1. The molecule has 0 aliphatic rings. The van der Waals surface area contributed by atoms with Crippen molar-refractivity contribution in [1.82, 2.24) is 5.32 Å². The van der Waals surface area contributed by atoms with Crippen LogP contribution in [0.2, 0.25) is 0 Å². The maximum Gasteiger partial charge on any atom is 0.341 e. The lowest BCUT2D eigenvalue weighted by Gasteiger charge is -2.18. The fourth-order valence-electron chi connectivity index (χ4n) is 1.78. The summed E-state index contributed by atoms with van der Waals surface area (Å²) < 4.78 is 17.9. The maximum atomic E-state index is 13.0. The minimum atomic E-state index is -1.45. The van der Waals surface area contributed by atoms with E-state index < -0.39 is 35.2 Å². The van der Waals surface area contributed by atoms with E-state index in [1.54, 1.807) is 0 Å². The fraction of sp³-hybridized carbons (Fsp3) is 0.267. The first-order valence-electron chi connectivity index (χ1n) is 6.36. The molecule has 0 radical (unpaired) electrons. The topological polar surface area (TPSA) is 92.7 Å². The predicted molar refractivity (Wildman–Crippen MR) is 75.3 cm³/mol. The maximum absolute atomic E-state index is 13.0. The Balaban J connectivity index is 3.32. The van der Waals surface area contributed by atoms with Crippen molar-refractivity contribution < 1.29 is 28.6 Å². The van der Waals surface area contributed by atoms with Crippen molar-refractivity contribution in [3.63, 3.8) is 0 Å². The van der Waals surface area contributed by atoms with Gasteiger partial charge in [0.2, 0.25) is 5.78 Å². The van der Waals surface area contributed by atoms with E-state index in [1.807, 2.05) is 0 Å². The summed E-state index contributed by atoms with van der Waals surface area (Å²) in [6, 6.07) is 4.70. The number of ether oxygens (including phenoxy) is 1. The first-order valence-corrected chi connectivity index (χ1v) is 6.36. The third-order valence-corrected chi connectivity index (χ3v) is 2.90. The highest BCUT2D eigenvalue weighted by Gasteiger charge is 2.31. The van der Waals surface area contributed by atoms with Gasteiger partial charge in [0.1, 0.15) is 11.4 Å². The van der Waals surface area contributed by atoms with Gasteiger partial charge < -0.3 is 15.2 Å². The predicted octanol–water partition coefficient (Wildman–Crippen LogP) is 1.58. The van der Waals surface area contributed by atoms with Crippen molar-refractivity contribution in [3.8, 4) is 0 Å². The molecule has 1 atom stereocenters. The number of ketones is 1. The Morgan fingerprint density at radius 1 is 1.18 bits per heavy atom. The average molecular weight is 309 g/mol. The normalized spacial score (nSPS) is 12.9. The van der Waals surface area contributed by atoms with Crippen molar-refractivity contribution in [1.29, 1.82) is 0 Å². The number of carboxylic acid groups (broad SMARTS) is 1. The van der Waals surface area contributed by atoms with Gasteiger partial charge in [0.25, 0.3) is 0 Å². The van der Waals surface area contributed by atoms with E-state index in [0.717, 1.165) is 19.1 Å². The summed E-state index contributed by atoms with van der Waals surface area (Å²) in [5, 5.41) is 11.8. The summed E-state index contributed by atoms with van der Waals surface area (Å²) in [4.78, 5) is 35.0. The molecule has 0 saturated carbocycles. The molecule has 1 aromatic rings. The van der Waals surface area contributed by atoms with Crippen LogP contribution >= 0.6 is 0 Å². The van der Waals surface area contributed by atoms with Gasteiger partial charge in [-0.25, -0.2) is 9.18 Å². The zero-order valence-corrected chi connectivity index (χ0v) is 12.3. The van der Waals surface area contributed by atoms with Crippen LogP contribution in [0.25, 0.3) is 0 Å². The number of aliphatic carboxylic acids is 1. The molecule has 0 spiro atoms. The lowest BCUT2D eigenvalue weighted by Crippen LogP contribution is -2.27. The average Bonchev–Trinajstić information content (AvgIpc) is 2.45. The van der Waals surface area contributed by atoms with Crippen molar-refractivity contribution in [2.24, 2.45) is 0 Å². The second-order valence-electron chi connectivity index (χ2n) is 4.46. The first-order chi connectivity index (χ1) is 10.3. The van der Waals surface area contributed by atoms with E-state index in [9.17, 15) is 23.9 Å². The summed E-state index contributed by atoms with van der Waals surface area (Å²) >= 11 is 0. The van der Waals surface area contributed by atoms with Crippen LogP contribution in [0.3, 0.4) is 0 Å². The van der Waals surface area contributed by atoms with Crippen molar-refractivity contribution in [2.75, 3.05) is 7.05 Å². The molecule has 22 heavy (non-hydrogen) atoms. The summed E-state index contributed by atoms with van der Waals surface area (Å²) in [5.41, 5.74) is -0.223. The van der Waals surface area contributed by atoms with Crippen LogP contribution in [0.1, 0.15) is 25.5 Å². The van der Waals surface area contributed by atoms with Crippen molar-refractivity contribution in [3.05, 3.63) is 46.9 Å². The molecule has 0 bridgehead atoms. The number of rotatable bonds is 6. The molecule has 0 saturated heterocycles. The summed E-state index contributed by atoms with van der Waals surface area (Å²) in [5.74, 6) is -3.63. The van der Waals surface area contributed by atoms with Gasteiger partial charge in [0, 0.05) is 25.2 Å². The smallest absolute Gasteiger partial charge is 0.341 e. The number of nitrogens with one attached hydrogen (secondary N) is 1. The van der Waals surface area contributed by atoms with Gasteiger partial charge in [-0.05, 0) is 19.1 Å². The highest BCUT2D eigenvalue weighted by Crippen LogP contribution is 2.24. The van der Waals surface area contributed by atoms with Crippen LogP contribution in [-0.2, 0) is 19.1 Å². The Morgan fingerprint density at radius 2 is 1.73 bits per heavy atom. The van der Waals surface area contributed by atoms with Crippen LogP contribution < -0.4 is 5.32 Å². The molecule has 0 aromatic heterocycles. The zero-order valence-electron chi connectivity index (χ0n) is 12.3. The van der Waals surface area contributed by atoms with Gasteiger partial charge >= 0.3 is 11.9 Å². The van der Waals surface area contributed by atoms with Gasteiger partial charge in [0.05, 0.1) is 0 Å². The Hall–Kier alpha value is -2.70. The third kappa shape index (κ3) is 4.15. The van der Waals surface area contributed by atoms with E-state index >= 15 is 0 Å². The Bertz CT molecular complexity index is 621. The van der Waals surface area contributed by atoms with Crippen molar-refractivity contribution >= 4 is 17.7 Å². The van der Waals surface area contributed by atoms with Gasteiger partial charge in [0.15, 0.2) is 6.10 Å². The van der Waals surface area contributed by atoms with Crippen LogP contribution in [0.15, 0.2) is 35.5 Å². The van der Waals surface area contributed by atoms with Gasteiger partial charge in [-0.15, -0.1) is 0 Å². The van der Waals surface area contributed by atoms with Crippen LogP contribution in [0.4, 0.5) is 4.39 Å². The van der Waals surface area contributed by atoms with Crippen LogP contribution in [0.5, 0.6) is 0 Å². The molecule has 7 heteroatoms. The van der Waals surface area contributed by atoms with E-state index in [0.29, 0.717) is 0 Å². The third-order valence-electron chi connectivity index (χ3n) is 2.90. The Morgan fingerprint density at radius 3 is 2.14 bits per heavy atom. The number of halogens is 1. The standard InChI is InChI=1S/C15H16FNO5/c1-8(17-3)12(15(20)21)13(19)14(22-9(2)18)10-4-6-11(16)7-5-10/h4-7,14,17H,1-3H3,(H,20,21)/b12-8-. The number of carboxylic acids is 1. The quantitative estimate of drug-likeness (QED) is 0.359. The molecule has 2 N–H and O–H groups in total. The molecular formula is C15H16FNO5. The van der Waals surface area contributed by atoms with Crippen LogP contribution in [-0.4, -0.2) is 29.9 Å². The summed E-state index contributed by atoms with van der Waals surface area (Å²) in [7, 11) is 1.46. The second-order valence-corrected chi connectivity index (χ2v) is 4.46. The van der Waals surface area contributed by atoms with Gasteiger partial charge in [-0.2, -0.15) is 0 Å². The van der Waals surface area contributed by atoms with Gasteiger partial charge in [-0.1, -0.05) is 12.1 Å². The number of allylic oxidation sites excluding steroid dienone is 1. The first kappa shape index (κ1) is 17.4. The van der Waals surface area contributed by atoms with E-state index in [-0.39, 0.29) is 11.3 Å². The number of hydrogen-bond acceptors (Lipinski definition) is 5. The Labute approximate surface area is 126 Å². The molecule has 1 aromatic carbocycles. The zero-order chi connectivity index (χ0) is 16.9. The van der Waals surface area contributed by atoms with E-state index in [1.165, 1.54) is 26.1 Å². The Kier molecular flexibility index (Phi) is 5.80. The summed E-state index contributed by atoms with van der Waals surface area (Å²) in [6.07, 6.45) is -1.45. The largest absolute Gasteiger partial charge is 0.477 e. The highest BCUT2D eigenvalue weighted by molar-refractivity contribution is 6.19. The number of carbonyl (C=O) groups excluding carboxylic acids is 2. The van der Waals surface area contributed by atoms with Crippen LogP contribution in [0, 0.1) is 5.82 Å². The molecule has 0 amide bonds. The monoisotopic (exact) mass is 309 g/mol. The lowest BCUT2D eigenvalue weighted by atomic mass is 9.98. The van der Waals surface area contributed by atoms with E-state index in [2.05, 4.69) is 5.32 Å². The molecule has 0 aliphatic carbocycles.